The average molecular weight is 367 g/mol. The van der Waals surface area contributed by atoms with E-state index in [0.29, 0.717) is 37.0 Å². The Morgan fingerprint density at radius 3 is 2.46 bits per heavy atom. The van der Waals surface area contributed by atoms with Crippen LogP contribution in [-0.4, -0.2) is 91.7 Å². The molecule has 7 heteroatoms. The van der Waals surface area contributed by atoms with Crippen LogP contribution in [0.15, 0.2) is 0 Å². The van der Waals surface area contributed by atoms with Crippen LogP contribution in [0.3, 0.4) is 0 Å². The first-order valence-electron chi connectivity index (χ1n) is 10.2. The molecule has 3 fully saturated rings. The van der Waals surface area contributed by atoms with Crippen molar-refractivity contribution in [2.45, 2.75) is 51.1 Å². The molecule has 26 heavy (non-hydrogen) atoms. The molecule has 0 radical (unpaired) electrons. The van der Waals surface area contributed by atoms with Crippen molar-refractivity contribution in [3.05, 3.63) is 0 Å². The number of ether oxygens (including phenoxy) is 1. The van der Waals surface area contributed by atoms with Crippen molar-refractivity contribution in [2.24, 2.45) is 5.92 Å². The molecule has 1 atom stereocenters. The first-order valence-corrected chi connectivity index (χ1v) is 10.2. The Hall–Kier alpha value is -1.34. The smallest absolute Gasteiger partial charge is 0.317 e. The molecule has 0 aromatic heterocycles. The van der Waals surface area contributed by atoms with E-state index in [0.717, 1.165) is 65.0 Å². The average Bonchev–Trinajstić information content (AvgIpc) is 3.40. The van der Waals surface area contributed by atoms with E-state index < -0.39 is 0 Å². The van der Waals surface area contributed by atoms with Gasteiger partial charge in [0.05, 0.1) is 0 Å². The molecule has 1 N–H and O–H groups in total. The van der Waals surface area contributed by atoms with Crippen molar-refractivity contribution >= 4 is 11.9 Å². The Morgan fingerprint density at radius 2 is 1.81 bits per heavy atom. The summed E-state index contributed by atoms with van der Waals surface area (Å²) in [5.74, 6) is 0.660. The van der Waals surface area contributed by atoms with E-state index in [2.05, 4.69) is 15.1 Å². The Kier molecular flexibility index (Phi) is 6.75. The zero-order chi connectivity index (χ0) is 18.5. The van der Waals surface area contributed by atoms with E-state index in [1.165, 1.54) is 0 Å². The highest BCUT2D eigenvalue weighted by Crippen LogP contribution is 2.33. The number of nitrogens with one attached hydrogen (secondary N) is 1. The molecule has 2 saturated heterocycles. The summed E-state index contributed by atoms with van der Waals surface area (Å²) in [6.07, 6.45) is 5.26. The van der Waals surface area contributed by atoms with Gasteiger partial charge >= 0.3 is 6.03 Å². The summed E-state index contributed by atoms with van der Waals surface area (Å²) in [6.45, 7) is 7.49. The number of carbonyl (C=O) groups excluding carboxylic acids is 2. The molecular weight excluding hydrogens is 332 g/mol. The first kappa shape index (κ1) is 19.4. The van der Waals surface area contributed by atoms with Gasteiger partial charge in [-0.15, -0.1) is 0 Å². The fourth-order valence-electron chi connectivity index (χ4n) is 4.13. The maximum Gasteiger partial charge on any atom is 0.317 e. The van der Waals surface area contributed by atoms with Crippen LogP contribution >= 0.6 is 0 Å². The first-order chi connectivity index (χ1) is 12.6. The molecule has 0 aromatic rings. The van der Waals surface area contributed by atoms with Gasteiger partial charge in [0.25, 0.3) is 0 Å². The lowest BCUT2D eigenvalue weighted by Gasteiger charge is -2.39. The molecule has 148 valence electrons. The van der Waals surface area contributed by atoms with Crippen LogP contribution in [0.1, 0.15) is 39.0 Å². The van der Waals surface area contributed by atoms with E-state index in [4.69, 9.17) is 4.74 Å². The van der Waals surface area contributed by atoms with E-state index in [-0.39, 0.29) is 6.03 Å². The van der Waals surface area contributed by atoms with E-state index >= 15 is 0 Å². The number of likely N-dealkylation sites (N-methyl/N-ethyl adjacent to an activating group) is 1. The molecule has 1 unspecified atom stereocenters. The highest BCUT2D eigenvalue weighted by Gasteiger charge is 2.39. The summed E-state index contributed by atoms with van der Waals surface area (Å²) in [7, 11) is 1.85. The van der Waals surface area contributed by atoms with Crippen LogP contribution < -0.4 is 5.32 Å². The Labute approximate surface area is 157 Å². The third kappa shape index (κ3) is 4.88. The predicted molar refractivity (Wildman–Crippen MR) is 100.0 cm³/mol. The summed E-state index contributed by atoms with van der Waals surface area (Å²) in [4.78, 5) is 30.8. The Balaban J connectivity index is 1.58. The second kappa shape index (κ2) is 9.04. The fourth-order valence-corrected chi connectivity index (χ4v) is 4.13. The minimum absolute atomic E-state index is 0.0172. The van der Waals surface area contributed by atoms with Gasteiger partial charge in [0.1, 0.15) is 0 Å². The highest BCUT2D eigenvalue weighted by molar-refractivity contribution is 5.81. The van der Waals surface area contributed by atoms with Gasteiger partial charge in [-0.1, -0.05) is 0 Å². The maximum atomic E-state index is 12.4. The van der Waals surface area contributed by atoms with Crippen molar-refractivity contribution < 1.29 is 14.3 Å². The number of amides is 3. The molecule has 2 aliphatic heterocycles. The number of hydrogen-bond donors (Lipinski definition) is 1. The number of likely N-dealkylation sites (tertiary alicyclic amines) is 1. The van der Waals surface area contributed by atoms with Gasteiger partial charge in [0.2, 0.25) is 5.91 Å². The van der Waals surface area contributed by atoms with Crippen molar-refractivity contribution in [2.75, 3.05) is 53.0 Å². The summed E-state index contributed by atoms with van der Waals surface area (Å²) >= 11 is 0. The predicted octanol–water partition coefficient (Wildman–Crippen LogP) is 1.14. The van der Waals surface area contributed by atoms with Gasteiger partial charge in [-0.25, -0.2) is 4.79 Å². The molecule has 3 rings (SSSR count). The van der Waals surface area contributed by atoms with Crippen LogP contribution in [0.5, 0.6) is 0 Å². The molecule has 1 aliphatic carbocycles. The van der Waals surface area contributed by atoms with Crippen LogP contribution in [0, 0.1) is 5.92 Å². The van der Waals surface area contributed by atoms with Gasteiger partial charge in [0.15, 0.2) is 0 Å². The summed E-state index contributed by atoms with van der Waals surface area (Å²) in [6, 6.07) is 0.882. The molecule has 0 bridgehead atoms. The Morgan fingerprint density at radius 1 is 1.08 bits per heavy atom. The number of carbonyl (C=O) groups is 2. The molecular formula is C19H34N4O3. The monoisotopic (exact) mass is 366 g/mol. The quantitative estimate of drug-likeness (QED) is 0.734. The normalized spacial score (nSPS) is 24.1. The summed E-state index contributed by atoms with van der Waals surface area (Å²) < 4.78 is 5.54. The number of urea groups is 1. The largest absolute Gasteiger partial charge is 0.381 e. The Bertz CT molecular complexity index is 491. The number of rotatable bonds is 7. The number of nitrogens with zero attached hydrogens (tertiary/aromatic N) is 3. The highest BCUT2D eigenvalue weighted by atomic mass is 16.5. The molecule has 0 aromatic carbocycles. The van der Waals surface area contributed by atoms with Crippen molar-refractivity contribution in [3.8, 4) is 0 Å². The van der Waals surface area contributed by atoms with Crippen LogP contribution in [0.2, 0.25) is 0 Å². The van der Waals surface area contributed by atoms with Crippen LogP contribution in [0.4, 0.5) is 4.79 Å². The maximum absolute atomic E-state index is 12.4. The minimum atomic E-state index is -0.0172. The van der Waals surface area contributed by atoms with Crippen LogP contribution in [0.25, 0.3) is 0 Å². The SMILES string of the molecule is CCNC(=O)N(C)CCN(C1CCOCC1)C1CCN(C(=O)C2CC2)C1. The van der Waals surface area contributed by atoms with Gasteiger partial charge in [-0.3, -0.25) is 9.69 Å². The lowest BCUT2D eigenvalue weighted by molar-refractivity contribution is -0.131. The summed E-state index contributed by atoms with van der Waals surface area (Å²) in [5.41, 5.74) is 0. The summed E-state index contributed by atoms with van der Waals surface area (Å²) in [5, 5.41) is 2.86. The zero-order valence-electron chi connectivity index (χ0n) is 16.3. The fraction of sp³-hybridized carbons (Fsp3) is 0.895. The van der Waals surface area contributed by atoms with Gasteiger partial charge in [0, 0.05) is 71.0 Å². The van der Waals surface area contributed by atoms with E-state index in [9.17, 15) is 9.59 Å². The topological polar surface area (TPSA) is 65.1 Å². The van der Waals surface area contributed by atoms with Crippen molar-refractivity contribution in [3.63, 3.8) is 0 Å². The third-order valence-electron chi connectivity index (χ3n) is 5.90. The van der Waals surface area contributed by atoms with E-state index in [1.54, 1.807) is 4.90 Å². The van der Waals surface area contributed by atoms with Gasteiger partial charge in [-0.05, 0) is 39.0 Å². The minimum Gasteiger partial charge on any atom is -0.381 e. The molecule has 1 saturated carbocycles. The second-order valence-electron chi connectivity index (χ2n) is 7.84. The lowest BCUT2D eigenvalue weighted by atomic mass is 10.0. The molecule has 3 amide bonds. The third-order valence-corrected chi connectivity index (χ3v) is 5.90. The molecule has 2 heterocycles. The molecule has 0 spiro atoms. The van der Waals surface area contributed by atoms with Crippen molar-refractivity contribution in [1.29, 1.82) is 0 Å². The molecule has 7 nitrogen and oxygen atoms in total. The lowest BCUT2D eigenvalue weighted by Crippen LogP contribution is -2.51. The van der Waals surface area contributed by atoms with Gasteiger partial charge < -0.3 is 19.9 Å². The zero-order valence-corrected chi connectivity index (χ0v) is 16.3. The standard InChI is InChI=1S/C19H34N4O3/c1-3-20-19(25)21(2)10-11-23(16-7-12-26-13-8-16)17-6-9-22(14-17)18(24)15-4-5-15/h15-17H,3-14H2,1-2H3,(H,20,25). The second-order valence-corrected chi connectivity index (χ2v) is 7.84. The van der Waals surface area contributed by atoms with Gasteiger partial charge in [-0.2, -0.15) is 0 Å². The van der Waals surface area contributed by atoms with Crippen molar-refractivity contribution in [1.82, 2.24) is 20.0 Å². The molecule has 3 aliphatic rings. The number of hydrogen-bond acceptors (Lipinski definition) is 4. The van der Waals surface area contributed by atoms with E-state index in [1.807, 2.05) is 14.0 Å². The van der Waals surface area contributed by atoms with Crippen LogP contribution in [-0.2, 0) is 9.53 Å².